The smallest absolute Gasteiger partial charge is 0.416 e. The van der Waals surface area contributed by atoms with Crippen molar-refractivity contribution in [2.24, 2.45) is 0 Å². The Kier molecular flexibility index (Phi) is 8.83. The van der Waals surface area contributed by atoms with Crippen LogP contribution in [0.3, 0.4) is 0 Å². The first-order valence-corrected chi connectivity index (χ1v) is 13.0. The summed E-state index contributed by atoms with van der Waals surface area (Å²) in [4.78, 5) is 38.6. The van der Waals surface area contributed by atoms with Gasteiger partial charge in [-0.05, 0) is 73.1 Å². The molecule has 3 amide bonds. The number of alkyl halides is 3. The van der Waals surface area contributed by atoms with Gasteiger partial charge in [0.15, 0.2) is 11.5 Å². The number of amides is 3. The predicted octanol–water partition coefficient (Wildman–Crippen LogP) is 6.67. The van der Waals surface area contributed by atoms with Crippen LogP contribution in [0, 0.1) is 6.92 Å². The molecule has 11 heteroatoms. The van der Waals surface area contributed by atoms with Gasteiger partial charge in [0, 0.05) is 5.69 Å². The molecule has 0 saturated carbocycles. The van der Waals surface area contributed by atoms with Crippen molar-refractivity contribution < 1.29 is 37.0 Å². The number of imide groups is 1. The lowest BCUT2D eigenvalue weighted by molar-refractivity contribution is -0.137. The SMILES string of the molecule is CCOc1cc(/C=C2\SC(=O)N(CC(=O)Nc3cccc(C(F)(F)F)c3)C2=O)ccc1OCc1cccc(C)c1. The highest BCUT2D eigenvalue weighted by Crippen LogP contribution is 2.35. The van der Waals surface area contributed by atoms with Gasteiger partial charge in [0.1, 0.15) is 13.2 Å². The molecule has 40 heavy (non-hydrogen) atoms. The number of ether oxygens (including phenoxy) is 2. The number of halogens is 3. The fraction of sp³-hybridized carbons (Fsp3) is 0.207. The maximum absolute atomic E-state index is 12.9. The summed E-state index contributed by atoms with van der Waals surface area (Å²) in [5.74, 6) is -0.521. The molecule has 0 unspecified atom stereocenters. The van der Waals surface area contributed by atoms with E-state index in [0.717, 1.165) is 34.2 Å². The Morgan fingerprint density at radius 3 is 2.50 bits per heavy atom. The first-order valence-electron chi connectivity index (χ1n) is 12.2. The normalized spacial score (nSPS) is 14.5. The molecule has 1 heterocycles. The highest BCUT2D eigenvalue weighted by Gasteiger charge is 2.36. The standard InChI is InChI=1S/C29H25F3N2O5S/c1-3-38-24-13-19(10-11-23(24)39-17-20-7-4-6-18(2)12-20)14-25-27(36)34(28(37)40-25)16-26(35)33-22-9-5-8-21(15-22)29(30,31)32/h4-15H,3,16-17H2,1-2H3,(H,33,35)/b25-14-. The average Bonchev–Trinajstić information content (AvgIpc) is 3.15. The number of carbonyl (C=O) groups is 3. The Hall–Kier alpha value is -4.25. The first-order chi connectivity index (χ1) is 19.0. The molecule has 1 aliphatic rings. The molecule has 208 valence electrons. The van der Waals surface area contributed by atoms with E-state index in [1.807, 2.05) is 38.1 Å². The summed E-state index contributed by atoms with van der Waals surface area (Å²) >= 11 is 0.661. The largest absolute Gasteiger partial charge is 0.490 e. The van der Waals surface area contributed by atoms with E-state index in [0.29, 0.717) is 42.0 Å². The zero-order valence-corrected chi connectivity index (χ0v) is 22.4. The van der Waals surface area contributed by atoms with Gasteiger partial charge in [-0.1, -0.05) is 42.0 Å². The van der Waals surface area contributed by atoms with E-state index < -0.39 is 35.3 Å². The highest BCUT2D eigenvalue weighted by atomic mass is 32.2. The summed E-state index contributed by atoms with van der Waals surface area (Å²) < 4.78 is 50.5. The highest BCUT2D eigenvalue weighted by molar-refractivity contribution is 8.18. The topological polar surface area (TPSA) is 84.9 Å². The Balaban J connectivity index is 1.44. The van der Waals surface area contributed by atoms with Crippen molar-refractivity contribution >= 4 is 40.6 Å². The van der Waals surface area contributed by atoms with E-state index in [-0.39, 0.29) is 10.6 Å². The van der Waals surface area contributed by atoms with E-state index in [9.17, 15) is 27.6 Å². The Labute approximate surface area is 233 Å². The summed E-state index contributed by atoms with van der Waals surface area (Å²) in [6.07, 6.45) is -3.08. The van der Waals surface area contributed by atoms with Crippen LogP contribution in [0.15, 0.2) is 71.6 Å². The van der Waals surface area contributed by atoms with Crippen LogP contribution >= 0.6 is 11.8 Å². The number of nitrogens with one attached hydrogen (secondary N) is 1. The minimum absolute atomic E-state index is 0.0905. The van der Waals surface area contributed by atoms with Crippen LogP contribution in [0.5, 0.6) is 11.5 Å². The molecule has 0 radical (unpaired) electrons. The average molecular weight is 571 g/mol. The minimum Gasteiger partial charge on any atom is -0.490 e. The number of nitrogens with zero attached hydrogens (tertiary/aromatic N) is 1. The van der Waals surface area contributed by atoms with Crippen LogP contribution in [0.1, 0.15) is 29.2 Å². The molecule has 1 N–H and O–H groups in total. The third kappa shape index (κ3) is 7.23. The number of hydrogen-bond donors (Lipinski definition) is 1. The van der Waals surface area contributed by atoms with E-state index in [1.165, 1.54) is 12.1 Å². The van der Waals surface area contributed by atoms with Gasteiger partial charge in [-0.2, -0.15) is 13.2 Å². The number of carbonyl (C=O) groups excluding carboxylic acids is 3. The summed E-state index contributed by atoms with van der Waals surface area (Å²) in [6.45, 7) is 3.89. The van der Waals surface area contributed by atoms with Crippen LogP contribution in [-0.2, 0) is 22.4 Å². The summed E-state index contributed by atoms with van der Waals surface area (Å²) in [5.41, 5.74) is 1.65. The maximum Gasteiger partial charge on any atom is 0.416 e. The molecule has 0 bridgehead atoms. The van der Waals surface area contributed by atoms with Gasteiger partial charge in [-0.3, -0.25) is 19.3 Å². The fourth-order valence-corrected chi connectivity index (χ4v) is 4.71. The molecular formula is C29H25F3N2O5S. The van der Waals surface area contributed by atoms with Crippen LogP contribution in [0.25, 0.3) is 6.08 Å². The molecule has 0 atom stereocenters. The molecule has 7 nitrogen and oxygen atoms in total. The van der Waals surface area contributed by atoms with Gasteiger partial charge in [0.2, 0.25) is 5.91 Å². The van der Waals surface area contributed by atoms with Crippen molar-refractivity contribution in [3.8, 4) is 11.5 Å². The maximum atomic E-state index is 12.9. The Morgan fingerprint density at radius 2 is 1.77 bits per heavy atom. The van der Waals surface area contributed by atoms with E-state index in [1.54, 1.807) is 18.2 Å². The number of thioether (sulfide) groups is 1. The lowest BCUT2D eigenvalue weighted by Crippen LogP contribution is -2.36. The summed E-state index contributed by atoms with van der Waals surface area (Å²) in [6, 6.07) is 17.1. The molecule has 1 aliphatic heterocycles. The van der Waals surface area contributed by atoms with Crippen LogP contribution in [0.4, 0.5) is 23.7 Å². The third-order valence-corrected chi connectivity index (χ3v) is 6.60. The lowest BCUT2D eigenvalue weighted by Gasteiger charge is -2.14. The second kappa shape index (κ2) is 12.3. The van der Waals surface area contributed by atoms with Crippen LogP contribution in [-0.4, -0.2) is 35.1 Å². The molecule has 1 saturated heterocycles. The molecule has 0 aliphatic carbocycles. The molecule has 3 aromatic rings. The van der Waals surface area contributed by atoms with Crippen molar-refractivity contribution in [2.75, 3.05) is 18.5 Å². The van der Waals surface area contributed by atoms with Crippen LogP contribution in [0.2, 0.25) is 0 Å². The molecule has 1 fully saturated rings. The van der Waals surface area contributed by atoms with Crippen molar-refractivity contribution in [1.29, 1.82) is 0 Å². The quantitative estimate of drug-likeness (QED) is 0.290. The minimum atomic E-state index is -4.58. The molecular weight excluding hydrogens is 545 g/mol. The summed E-state index contributed by atoms with van der Waals surface area (Å²) in [7, 11) is 0. The third-order valence-electron chi connectivity index (χ3n) is 5.69. The second-order valence-electron chi connectivity index (χ2n) is 8.81. The van der Waals surface area contributed by atoms with Gasteiger partial charge in [-0.15, -0.1) is 0 Å². The zero-order chi connectivity index (χ0) is 28.9. The van der Waals surface area contributed by atoms with E-state index in [2.05, 4.69) is 5.32 Å². The molecule has 0 aromatic heterocycles. The Bertz CT molecular complexity index is 1470. The monoisotopic (exact) mass is 570 g/mol. The van der Waals surface area contributed by atoms with Crippen molar-refractivity contribution in [3.63, 3.8) is 0 Å². The fourth-order valence-electron chi connectivity index (χ4n) is 3.87. The van der Waals surface area contributed by atoms with Crippen molar-refractivity contribution in [1.82, 2.24) is 4.90 Å². The number of anilines is 1. The van der Waals surface area contributed by atoms with Gasteiger partial charge < -0.3 is 14.8 Å². The molecule has 3 aromatic carbocycles. The Morgan fingerprint density at radius 1 is 1.00 bits per heavy atom. The molecule has 4 rings (SSSR count). The van der Waals surface area contributed by atoms with E-state index in [4.69, 9.17) is 9.47 Å². The van der Waals surface area contributed by atoms with Crippen LogP contribution < -0.4 is 14.8 Å². The number of hydrogen-bond acceptors (Lipinski definition) is 6. The van der Waals surface area contributed by atoms with E-state index >= 15 is 0 Å². The summed E-state index contributed by atoms with van der Waals surface area (Å²) in [5, 5.41) is 1.63. The lowest BCUT2D eigenvalue weighted by atomic mass is 10.1. The van der Waals surface area contributed by atoms with Crippen molar-refractivity contribution in [2.45, 2.75) is 26.6 Å². The predicted molar refractivity (Wildman–Crippen MR) is 146 cm³/mol. The van der Waals surface area contributed by atoms with Gasteiger partial charge in [0.05, 0.1) is 17.1 Å². The molecule has 0 spiro atoms. The van der Waals surface area contributed by atoms with Crippen molar-refractivity contribution in [3.05, 3.63) is 93.9 Å². The zero-order valence-electron chi connectivity index (χ0n) is 21.6. The van der Waals surface area contributed by atoms with Gasteiger partial charge in [-0.25, -0.2) is 0 Å². The number of aryl methyl sites for hydroxylation is 1. The number of rotatable bonds is 9. The van der Waals surface area contributed by atoms with Gasteiger partial charge >= 0.3 is 6.18 Å². The second-order valence-corrected chi connectivity index (χ2v) is 9.80. The van der Waals surface area contributed by atoms with Gasteiger partial charge in [0.25, 0.3) is 11.1 Å². The number of benzene rings is 3. The first kappa shape index (κ1) is 28.8.